The standard InChI is InChI=1S/C21H26N4O3S/c26-19(8-10-22-20(27)23-16-4-2-1-3-5-16)25-21-24-17(13-29-21)14-6-7-18-15(12-14)9-11-28-18/h6-7,12-13,16H,1-5,8-11H2,(H2,22,23,27)(H,24,25,26). The number of nitrogens with zero attached hydrogens (tertiary/aromatic N) is 1. The monoisotopic (exact) mass is 414 g/mol. The molecule has 1 fully saturated rings. The van der Waals surface area contributed by atoms with E-state index in [-0.39, 0.29) is 24.4 Å². The third kappa shape index (κ3) is 5.26. The van der Waals surface area contributed by atoms with Gasteiger partial charge in [-0.05, 0) is 36.6 Å². The van der Waals surface area contributed by atoms with Crippen molar-refractivity contribution in [2.75, 3.05) is 18.5 Å². The summed E-state index contributed by atoms with van der Waals surface area (Å²) in [5.41, 5.74) is 3.05. The Bertz CT molecular complexity index is 877. The molecule has 29 heavy (non-hydrogen) atoms. The van der Waals surface area contributed by atoms with Crippen LogP contribution in [0, 0.1) is 0 Å². The first-order chi connectivity index (χ1) is 14.2. The zero-order chi connectivity index (χ0) is 20.1. The number of benzene rings is 1. The summed E-state index contributed by atoms with van der Waals surface area (Å²) in [6.07, 6.45) is 6.79. The highest BCUT2D eigenvalue weighted by Gasteiger charge is 2.16. The van der Waals surface area contributed by atoms with Crippen molar-refractivity contribution in [2.24, 2.45) is 0 Å². The summed E-state index contributed by atoms with van der Waals surface area (Å²) in [6, 6.07) is 6.12. The van der Waals surface area contributed by atoms with Crippen LogP contribution in [-0.4, -0.2) is 36.1 Å². The smallest absolute Gasteiger partial charge is 0.315 e. The van der Waals surface area contributed by atoms with E-state index in [4.69, 9.17) is 4.74 Å². The van der Waals surface area contributed by atoms with E-state index in [1.165, 1.54) is 36.2 Å². The SMILES string of the molecule is O=C(CCNC(=O)NC1CCCCC1)Nc1nc(-c2ccc3c(c2)CCO3)cs1. The molecular weight excluding hydrogens is 388 g/mol. The minimum absolute atomic E-state index is 0.161. The molecule has 0 unspecified atom stereocenters. The maximum Gasteiger partial charge on any atom is 0.315 e. The van der Waals surface area contributed by atoms with Gasteiger partial charge >= 0.3 is 6.03 Å². The van der Waals surface area contributed by atoms with Crippen molar-refractivity contribution < 1.29 is 14.3 Å². The molecule has 0 saturated heterocycles. The summed E-state index contributed by atoms with van der Waals surface area (Å²) >= 11 is 1.40. The molecule has 7 nitrogen and oxygen atoms in total. The van der Waals surface area contributed by atoms with Crippen molar-refractivity contribution in [1.82, 2.24) is 15.6 Å². The minimum Gasteiger partial charge on any atom is -0.493 e. The summed E-state index contributed by atoms with van der Waals surface area (Å²) in [5.74, 6) is 0.781. The second kappa shape index (κ2) is 9.26. The minimum atomic E-state index is -0.193. The van der Waals surface area contributed by atoms with Crippen molar-refractivity contribution in [1.29, 1.82) is 0 Å². The van der Waals surface area contributed by atoms with E-state index in [0.717, 1.165) is 42.9 Å². The van der Waals surface area contributed by atoms with Crippen LogP contribution in [0.4, 0.5) is 9.93 Å². The number of thiazole rings is 1. The highest BCUT2D eigenvalue weighted by molar-refractivity contribution is 7.14. The molecule has 2 aliphatic rings. The number of hydrogen-bond donors (Lipinski definition) is 3. The molecule has 0 radical (unpaired) electrons. The Morgan fingerprint density at radius 1 is 1.21 bits per heavy atom. The lowest BCUT2D eigenvalue weighted by Crippen LogP contribution is -2.43. The van der Waals surface area contributed by atoms with Crippen LogP contribution < -0.4 is 20.7 Å². The fraction of sp³-hybridized carbons (Fsp3) is 0.476. The van der Waals surface area contributed by atoms with Gasteiger partial charge in [0.05, 0.1) is 12.3 Å². The van der Waals surface area contributed by atoms with Crippen molar-refractivity contribution in [2.45, 2.75) is 51.0 Å². The van der Waals surface area contributed by atoms with Crippen molar-refractivity contribution >= 4 is 28.4 Å². The lowest BCUT2D eigenvalue weighted by atomic mass is 9.96. The third-order valence-electron chi connectivity index (χ3n) is 5.31. The van der Waals surface area contributed by atoms with Gasteiger partial charge in [0.15, 0.2) is 5.13 Å². The number of rotatable bonds is 6. The Morgan fingerprint density at radius 2 is 2.07 bits per heavy atom. The van der Waals surface area contributed by atoms with Gasteiger partial charge in [0.2, 0.25) is 5.91 Å². The Morgan fingerprint density at radius 3 is 2.93 bits per heavy atom. The van der Waals surface area contributed by atoms with Gasteiger partial charge in [-0.15, -0.1) is 11.3 Å². The molecule has 0 spiro atoms. The van der Waals surface area contributed by atoms with Crippen LogP contribution in [0.2, 0.25) is 0 Å². The molecule has 3 N–H and O–H groups in total. The number of amides is 3. The molecule has 1 aromatic heterocycles. The van der Waals surface area contributed by atoms with E-state index in [0.29, 0.717) is 11.7 Å². The normalized spacial score (nSPS) is 16.0. The number of carbonyl (C=O) groups is 2. The molecule has 1 aromatic carbocycles. The number of hydrogen-bond acceptors (Lipinski definition) is 5. The number of anilines is 1. The molecular formula is C21H26N4O3S. The van der Waals surface area contributed by atoms with Crippen molar-refractivity contribution in [3.63, 3.8) is 0 Å². The van der Waals surface area contributed by atoms with Crippen LogP contribution in [0.5, 0.6) is 5.75 Å². The van der Waals surface area contributed by atoms with Gasteiger partial charge < -0.3 is 20.7 Å². The van der Waals surface area contributed by atoms with Gasteiger partial charge in [0.1, 0.15) is 5.75 Å². The lowest BCUT2D eigenvalue weighted by Gasteiger charge is -2.22. The number of fused-ring (bicyclic) bond motifs is 1. The maximum atomic E-state index is 12.2. The van der Waals surface area contributed by atoms with Crippen LogP contribution in [-0.2, 0) is 11.2 Å². The first kappa shape index (κ1) is 19.7. The largest absolute Gasteiger partial charge is 0.493 e. The van der Waals surface area contributed by atoms with Gasteiger partial charge in [-0.3, -0.25) is 4.79 Å². The van der Waals surface area contributed by atoms with Crippen LogP contribution in [0.25, 0.3) is 11.3 Å². The average Bonchev–Trinajstić information content (AvgIpc) is 3.37. The predicted octanol–water partition coefficient (Wildman–Crippen LogP) is 3.71. The molecule has 2 heterocycles. The third-order valence-corrected chi connectivity index (χ3v) is 6.07. The maximum absolute atomic E-state index is 12.2. The average molecular weight is 415 g/mol. The van der Waals surface area contributed by atoms with Crippen LogP contribution >= 0.6 is 11.3 Å². The van der Waals surface area contributed by atoms with E-state index < -0.39 is 0 Å². The fourth-order valence-corrected chi connectivity index (χ4v) is 4.50. The molecule has 0 bridgehead atoms. The highest BCUT2D eigenvalue weighted by Crippen LogP contribution is 2.31. The van der Waals surface area contributed by atoms with Crippen molar-refractivity contribution in [3.05, 3.63) is 29.1 Å². The summed E-state index contributed by atoms with van der Waals surface area (Å²) in [7, 11) is 0. The molecule has 1 aliphatic heterocycles. The molecule has 2 aromatic rings. The lowest BCUT2D eigenvalue weighted by molar-refractivity contribution is -0.116. The van der Waals surface area contributed by atoms with E-state index in [1.807, 2.05) is 17.5 Å². The molecule has 154 valence electrons. The van der Waals surface area contributed by atoms with E-state index >= 15 is 0 Å². The van der Waals surface area contributed by atoms with Gasteiger partial charge in [0, 0.05) is 36.4 Å². The zero-order valence-electron chi connectivity index (χ0n) is 16.3. The van der Waals surface area contributed by atoms with Gasteiger partial charge in [-0.2, -0.15) is 0 Å². The summed E-state index contributed by atoms with van der Waals surface area (Å²) in [5, 5.41) is 11.1. The van der Waals surface area contributed by atoms with Crippen LogP contribution in [0.15, 0.2) is 23.6 Å². The summed E-state index contributed by atoms with van der Waals surface area (Å²) < 4.78 is 5.53. The highest BCUT2D eigenvalue weighted by atomic mass is 32.1. The zero-order valence-corrected chi connectivity index (χ0v) is 17.1. The quantitative estimate of drug-likeness (QED) is 0.672. The topological polar surface area (TPSA) is 92.4 Å². The molecule has 3 amide bonds. The first-order valence-electron chi connectivity index (χ1n) is 10.2. The van der Waals surface area contributed by atoms with Crippen LogP contribution in [0.1, 0.15) is 44.1 Å². The Kier molecular flexibility index (Phi) is 6.29. The van der Waals surface area contributed by atoms with Gasteiger partial charge in [-0.25, -0.2) is 9.78 Å². The molecule has 8 heteroatoms. The van der Waals surface area contributed by atoms with Gasteiger partial charge in [-0.1, -0.05) is 19.3 Å². The molecule has 1 aliphatic carbocycles. The fourth-order valence-electron chi connectivity index (χ4n) is 3.76. The number of urea groups is 1. The van der Waals surface area contributed by atoms with E-state index in [2.05, 4.69) is 27.0 Å². The Balaban J connectivity index is 1.21. The second-order valence-electron chi connectivity index (χ2n) is 7.49. The van der Waals surface area contributed by atoms with E-state index in [1.54, 1.807) is 0 Å². The predicted molar refractivity (Wildman–Crippen MR) is 113 cm³/mol. The number of carbonyl (C=O) groups excluding carboxylic acids is 2. The number of aromatic nitrogens is 1. The molecule has 1 saturated carbocycles. The van der Waals surface area contributed by atoms with Crippen molar-refractivity contribution in [3.8, 4) is 17.0 Å². The molecule has 0 atom stereocenters. The Hall–Kier alpha value is -2.61. The van der Waals surface area contributed by atoms with Crippen LogP contribution in [0.3, 0.4) is 0 Å². The summed E-state index contributed by atoms with van der Waals surface area (Å²) in [6.45, 7) is 1.03. The molecule has 4 rings (SSSR count). The number of ether oxygens (including phenoxy) is 1. The van der Waals surface area contributed by atoms with Gasteiger partial charge in [0.25, 0.3) is 0 Å². The first-order valence-corrected chi connectivity index (χ1v) is 11.1. The second-order valence-corrected chi connectivity index (χ2v) is 8.35. The Labute approximate surface area is 174 Å². The number of nitrogens with one attached hydrogen (secondary N) is 3. The van der Waals surface area contributed by atoms with E-state index in [9.17, 15) is 9.59 Å². The summed E-state index contributed by atoms with van der Waals surface area (Å²) in [4.78, 5) is 28.6.